The molecule has 1 heterocycles. The SMILES string of the molecule is CNSc1ccc(C(=O)NCc2ccncc2)cc1. The standard InChI is InChI=1S/C14H15N3OS/c1-15-19-13-4-2-12(3-5-13)14(18)17-10-11-6-8-16-9-7-11/h2-9,15H,10H2,1H3,(H,17,18). The van der Waals surface area contributed by atoms with Gasteiger partial charge in [0, 0.05) is 29.4 Å². The summed E-state index contributed by atoms with van der Waals surface area (Å²) in [5.74, 6) is -0.0715. The van der Waals surface area contributed by atoms with Crippen LogP contribution in [0.1, 0.15) is 15.9 Å². The van der Waals surface area contributed by atoms with Crippen molar-refractivity contribution in [3.05, 3.63) is 59.9 Å². The Kier molecular flexibility index (Phi) is 4.94. The van der Waals surface area contributed by atoms with Crippen molar-refractivity contribution >= 4 is 17.9 Å². The van der Waals surface area contributed by atoms with Crippen LogP contribution in [0.5, 0.6) is 0 Å². The van der Waals surface area contributed by atoms with Gasteiger partial charge in [-0.3, -0.25) is 14.5 Å². The number of aromatic nitrogens is 1. The molecule has 5 heteroatoms. The molecule has 0 atom stereocenters. The summed E-state index contributed by atoms with van der Waals surface area (Å²) < 4.78 is 2.99. The Morgan fingerprint density at radius 1 is 1.16 bits per heavy atom. The highest BCUT2D eigenvalue weighted by atomic mass is 32.2. The van der Waals surface area contributed by atoms with Gasteiger partial charge in [0.05, 0.1) is 0 Å². The van der Waals surface area contributed by atoms with Crippen molar-refractivity contribution in [3.8, 4) is 0 Å². The molecule has 0 unspecified atom stereocenters. The first kappa shape index (κ1) is 13.6. The van der Waals surface area contributed by atoms with Gasteiger partial charge in [0.2, 0.25) is 0 Å². The first-order valence-corrected chi connectivity index (χ1v) is 6.72. The summed E-state index contributed by atoms with van der Waals surface area (Å²) in [6, 6.07) is 11.2. The van der Waals surface area contributed by atoms with Gasteiger partial charge in [-0.1, -0.05) is 0 Å². The molecule has 0 aliphatic rings. The molecular formula is C14H15N3OS. The topological polar surface area (TPSA) is 54.0 Å². The molecule has 1 amide bonds. The lowest BCUT2D eigenvalue weighted by molar-refractivity contribution is 0.0951. The molecule has 2 aromatic rings. The Morgan fingerprint density at radius 3 is 2.47 bits per heavy atom. The van der Waals surface area contributed by atoms with Gasteiger partial charge in [-0.25, -0.2) is 0 Å². The third-order valence-electron chi connectivity index (χ3n) is 2.54. The third-order valence-corrected chi connectivity index (χ3v) is 3.25. The molecule has 0 aliphatic heterocycles. The van der Waals surface area contributed by atoms with E-state index in [1.807, 2.05) is 43.4 Å². The minimum atomic E-state index is -0.0715. The van der Waals surface area contributed by atoms with Crippen molar-refractivity contribution < 1.29 is 4.79 Å². The number of hydrogen-bond acceptors (Lipinski definition) is 4. The Hall–Kier alpha value is -1.85. The predicted octanol–water partition coefficient (Wildman–Crippen LogP) is 2.24. The van der Waals surface area contributed by atoms with Crippen LogP contribution < -0.4 is 10.0 Å². The molecule has 4 nitrogen and oxygen atoms in total. The number of amides is 1. The molecule has 0 aliphatic carbocycles. The highest BCUT2D eigenvalue weighted by Crippen LogP contribution is 2.14. The van der Waals surface area contributed by atoms with E-state index in [4.69, 9.17) is 0 Å². The smallest absolute Gasteiger partial charge is 0.251 e. The molecule has 1 aromatic carbocycles. The molecule has 0 saturated heterocycles. The second-order valence-electron chi connectivity index (χ2n) is 3.87. The predicted molar refractivity (Wildman–Crippen MR) is 76.8 cm³/mol. The zero-order chi connectivity index (χ0) is 13.5. The van der Waals surface area contributed by atoms with E-state index in [1.165, 1.54) is 11.9 Å². The second kappa shape index (κ2) is 6.92. The van der Waals surface area contributed by atoms with Crippen molar-refractivity contribution in [2.24, 2.45) is 0 Å². The number of nitrogens with zero attached hydrogens (tertiary/aromatic N) is 1. The maximum Gasteiger partial charge on any atom is 0.251 e. The van der Waals surface area contributed by atoms with E-state index in [0.29, 0.717) is 12.1 Å². The number of nitrogens with one attached hydrogen (secondary N) is 2. The van der Waals surface area contributed by atoms with Crippen molar-refractivity contribution in [1.29, 1.82) is 0 Å². The molecule has 0 fully saturated rings. The third kappa shape index (κ3) is 4.08. The van der Waals surface area contributed by atoms with Crippen molar-refractivity contribution in [2.45, 2.75) is 11.4 Å². The van der Waals surface area contributed by atoms with E-state index >= 15 is 0 Å². The molecule has 0 bridgehead atoms. The van der Waals surface area contributed by atoms with Gasteiger partial charge in [0.25, 0.3) is 5.91 Å². The van der Waals surface area contributed by atoms with Gasteiger partial charge >= 0.3 is 0 Å². The summed E-state index contributed by atoms with van der Waals surface area (Å²) in [5, 5.41) is 2.88. The Morgan fingerprint density at radius 2 is 1.84 bits per heavy atom. The largest absolute Gasteiger partial charge is 0.348 e. The van der Waals surface area contributed by atoms with Gasteiger partial charge in [-0.2, -0.15) is 0 Å². The lowest BCUT2D eigenvalue weighted by atomic mass is 10.2. The van der Waals surface area contributed by atoms with Crippen LogP contribution in [-0.2, 0) is 6.54 Å². The van der Waals surface area contributed by atoms with Crippen molar-refractivity contribution in [3.63, 3.8) is 0 Å². The van der Waals surface area contributed by atoms with Crippen molar-refractivity contribution in [2.75, 3.05) is 7.05 Å². The number of pyridine rings is 1. The summed E-state index contributed by atoms with van der Waals surface area (Å²) in [7, 11) is 1.86. The van der Waals surface area contributed by atoms with Crippen LogP contribution in [0.25, 0.3) is 0 Å². The maximum absolute atomic E-state index is 11.9. The first-order valence-electron chi connectivity index (χ1n) is 5.90. The van der Waals surface area contributed by atoms with E-state index in [0.717, 1.165) is 10.5 Å². The number of carbonyl (C=O) groups excluding carboxylic acids is 1. The molecule has 1 aromatic heterocycles. The molecule has 2 N–H and O–H groups in total. The molecule has 0 saturated carbocycles. The van der Waals surface area contributed by atoms with Crippen LogP contribution in [0.4, 0.5) is 0 Å². The van der Waals surface area contributed by atoms with Gasteiger partial charge in [-0.15, -0.1) is 0 Å². The van der Waals surface area contributed by atoms with Gasteiger partial charge in [0.1, 0.15) is 0 Å². The molecule has 0 radical (unpaired) electrons. The van der Waals surface area contributed by atoms with E-state index in [-0.39, 0.29) is 5.91 Å². The molecule has 19 heavy (non-hydrogen) atoms. The van der Waals surface area contributed by atoms with Crippen molar-refractivity contribution in [1.82, 2.24) is 15.0 Å². The lowest BCUT2D eigenvalue weighted by Crippen LogP contribution is -2.22. The number of benzene rings is 1. The van der Waals surface area contributed by atoms with Gasteiger partial charge in [0.15, 0.2) is 0 Å². The maximum atomic E-state index is 11.9. The monoisotopic (exact) mass is 273 g/mol. The van der Waals surface area contributed by atoms with Crippen LogP contribution in [0.3, 0.4) is 0 Å². The zero-order valence-corrected chi connectivity index (χ0v) is 11.4. The molecule has 0 spiro atoms. The Balaban J connectivity index is 1.92. The van der Waals surface area contributed by atoms with Crippen LogP contribution >= 0.6 is 11.9 Å². The number of carbonyl (C=O) groups is 1. The zero-order valence-electron chi connectivity index (χ0n) is 10.6. The fourth-order valence-electron chi connectivity index (χ4n) is 1.58. The average molecular weight is 273 g/mol. The summed E-state index contributed by atoms with van der Waals surface area (Å²) in [6.07, 6.45) is 3.43. The summed E-state index contributed by atoms with van der Waals surface area (Å²) in [4.78, 5) is 17.0. The van der Waals surface area contributed by atoms with E-state index < -0.39 is 0 Å². The summed E-state index contributed by atoms with van der Waals surface area (Å²) >= 11 is 1.52. The Labute approximate surface area is 116 Å². The first-order chi connectivity index (χ1) is 9.29. The molecule has 98 valence electrons. The summed E-state index contributed by atoms with van der Waals surface area (Å²) in [5.41, 5.74) is 1.69. The minimum Gasteiger partial charge on any atom is -0.348 e. The fraction of sp³-hybridized carbons (Fsp3) is 0.143. The van der Waals surface area contributed by atoms with E-state index in [1.54, 1.807) is 12.4 Å². The highest BCUT2D eigenvalue weighted by molar-refractivity contribution is 7.97. The average Bonchev–Trinajstić information content (AvgIpc) is 2.47. The highest BCUT2D eigenvalue weighted by Gasteiger charge is 2.05. The van der Waals surface area contributed by atoms with Crippen LogP contribution in [0, 0.1) is 0 Å². The normalized spacial score (nSPS) is 10.2. The molecular weight excluding hydrogens is 258 g/mol. The fourth-order valence-corrected chi connectivity index (χ4v) is 2.09. The number of rotatable bonds is 5. The van der Waals surface area contributed by atoms with Crippen LogP contribution in [-0.4, -0.2) is 17.9 Å². The second-order valence-corrected chi connectivity index (χ2v) is 4.95. The van der Waals surface area contributed by atoms with Crippen LogP contribution in [0.15, 0.2) is 53.7 Å². The van der Waals surface area contributed by atoms with Gasteiger partial charge in [-0.05, 0) is 61.0 Å². The van der Waals surface area contributed by atoms with Gasteiger partial charge < -0.3 is 5.32 Å². The minimum absolute atomic E-state index is 0.0715. The number of hydrogen-bond donors (Lipinski definition) is 2. The Bertz CT molecular complexity index is 528. The van der Waals surface area contributed by atoms with E-state index in [9.17, 15) is 4.79 Å². The van der Waals surface area contributed by atoms with E-state index in [2.05, 4.69) is 15.0 Å². The lowest BCUT2D eigenvalue weighted by Gasteiger charge is -2.06. The molecule has 2 rings (SSSR count). The van der Waals surface area contributed by atoms with Crippen LogP contribution in [0.2, 0.25) is 0 Å². The summed E-state index contributed by atoms with van der Waals surface area (Å²) in [6.45, 7) is 0.508. The quantitative estimate of drug-likeness (QED) is 0.820.